The molecular formula is C13H24N4. The Morgan fingerprint density at radius 3 is 2.59 bits per heavy atom. The number of nitrogens with one attached hydrogen (secondary N) is 1. The summed E-state index contributed by atoms with van der Waals surface area (Å²) in [5.74, 6) is 1.99. The lowest BCUT2D eigenvalue weighted by molar-refractivity contribution is 0.608. The molecular weight excluding hydrogens is 212 g/mol. The molecule has 1 aromatic heterocycles. The Bertz CT molecular complexity index is 351. The number of aromatic nitrogens is 2. The standard InChI is InChI=1S/C13H24N4/c1-6-8-10(3)17(5)13-11(7-2)12(14-4)15-9-16-13/h9-10H,6-8H2,1-5H3,(H,14,15,16). The highest BCUT2D eigenvalue weighted by Gasteiger charge is 2.16. The van der Waals surface area contributed by atoms with Gasteiger partial charge in [-0.25, -0.2) is 9.97 Å². The Morgan fingerprint density at radius 2 is 2.06 bits per heavy atom. The Hall–Kier alpha value is -1.32. The summed E-state index contributed by atoms with van der Waals surface area (Å²) in [6, 6.07) is 0.505. The summed E-state index contributed by atoms with van der Waals surface area (Å²) >= 11 is 0. The first-order valence-corrected chi connectivity index (χ1v) is 6.40. The van der Waals surface area contributed by atoms with Gasteiger partial charge in [-0.3, -0.25) is 0 Å². The summed E-state index contributed by atoms with van der Waals surface area (Å²) in [4.78, 5) is 11.0. The lowest BCUT2D eigenvalue weighted by atomic mass is 10.1. The van der Waals surface area contributed by atoms with Gasteiger partial charge < -0.3 is 10.2 Å². The van der Waals surface area contributed by atoms with Crippen molar-refractivity contribution >= 4 is 11.6 Å². The van der Waals surface area contributed by atoms with Crippen molar-refractivity contribution in [2.45, 2.75) is 46.1 Å². The molecule has 0 aliphatic carbocycles. The SMILES string of the molecule is CCCC(C)N(C)c1ncnc(NC)c1CC. The van der Waals surface area contributed by atoms with Crippen LogP contribution < -0.4 is 10.2 Å². The molecule has 0 aromatic carbocycles. The van der Waals surface area contributed by atoms with E-state index >= 15 is 0 Å². The molecule has 4 heteroatoms. The van der Waals surface area contributed by atoms with Gasteiger partial charge in [-0.1, -0.05) is 20.3 Å². The zero-order valence-electron chi connectivity index (χ0n) is 11.6. The van der Waals surface area contributed by atoms with Crippen LogP contribution in [0.4, 0.5) is 11.6 Å². The average molecular weight is 236 g/mol. The van der Waals surface area contributed by atoms with Crippen molar-refractivity contribution in [3.63, 3.8) is 0 Å². The highest BCUT2D eigenvalue weighted by molar-refractivity contribution is 5.58. The van der Waals surface area contributed by atoms with E-state index in [2.05, 4.69) is 48.0 Å². The summed E-state index contributed by atoms with van der Waals surface area (Å²) in [7, 11) is 4.02. The fraction of sp³-hybridized carbons (Fsp3) is 0.692. The van der Waals surface area contributed by atoms with Crippen molar-refractivity contribution in [2.75, 3.05) is 24.3 Å². The largest absolute Gasteiger partial charge is 0.373 e. The van der Waals surface area contributed by atoms with Crippen LogP contribution in [0.2, 0.25) is 0 Å². The summed E-state index contributed by atoms with van der Waals surface area (Å²) in [5, 5.41) is 3.13. The maximum absolute atomic E-state index is 4.44. The molecule has 0 saturated carbocycles. The Morgan fingerprint density at radius 1 is 1.35 bits per heavy atom. The normalized spacial score (nSPS) is 12.3. The van der Waals surface area contributed by atoms with Gasteiger partial charge in [-0.15, -0.1) is 0 Å². The first-order valence-electron chi connectivity index (χ1n) is 6.40. The van der Waals surface area contributed by atoms with Gasteiger partial charge >= 0.3 is 0 Å². The second-order valence-corrected chi connectivity index (χ2v) is 4.38. The van der Waals surface area contributed by atoms with Gasteiger partial charge in [0.2, 0.25) is 0 Å². The molecule has 4 nitrogen and oxygen atoms in total. The maximum atomic E-state index is 4.44. The van der Waals surface area contributed by atoms with Gasteiger partial charge in [0, 0.05) is 25.7 Å². The Kier molecular flexibility index (Phi) is 5.19. The third-order valence-corrected chi connectivity index (χ3v) is 3.21. The minimum atomic E-state index is 0.505. The first kappa shape index (κ1) is 13.7. The van der Waals surface area contributed by atoms with Gasteiger partial charge in [0.05, 0.1) is 0 Å². The van der Waals surface area contributed by atoms with Gasteiger partial charge in [0.1, 0.15) is 18.0 Å². The average Bonchev–Trinajstić information content (AvgIpc) is 2.36. The van der Waals surface area contributed by atoms with Crippen molar-refractivity contribution in [3.05, 3.63) is 11.9 Å². The molecule has 0 aliphatic heterocycles. The molecule has 0 spiro atoms. The lowest BCUT2D eigenvalue weighted by Crippen LogP contribution is -2.30. The third-order valence-electron chi connectivity index (χ3n) is 3.21. The fourth-order valence-electron chi connectivity index (χ4n) is 2.07. The topological polar surface area (TPSA) is 41.1 Å². The van der Waals surface area contributed by atoms with Crippen molar-refractivity contribution in [1.29, 1.82) is 0 Å². The van der Waals surface area contributed by atoms with Gasteiger partial charge in [-0.05, 0) is 19.8 Å². The highest BCUT2D eigenvalue weighted by atomic mass is 15.2. The quantitative estimate of drug-likeness (QED) is 0.824. The van der Waals surface area contributed by atoms with E-state index in [9.17, 15) is 0 Å². The number of hydrogen-bond donors (Lipinski definition) is 1. The van der Waals surface area contributed by atoms with Gasteiger partial charge in [0.15, 0.2) is 0 Å². The molecule has 1 atom stereocenters. The molecule has 96 valence electrons. The molecule has 1 rings (SSSR count). The smallest absolute Gasteiger partial charge is 0.137 e. The van der Waals surface area contributed by atoms with E-state index in [0.29, 0.717) is 6.04 Å². The molecule has 0 amide bonds. The summed E-state index contributed by atoms with van der Waals surface area (Å²) < 4.78 is 0. The first-order chi connectivity index (χ1) is 8.15. The molecule has 1 aromatic rings. The molecule has 0 fully saturated rings. The van der Waals surface area contributed by atoms with E-state index in [-0.39, 0.29) is 0 Å². The van der Waals surface area contributed by atoms with Crippen molar-refractivity contribution < 1.29 is 0 Å². The Labute approximate surface area is 104 Å². The lowest BCUT2D eigenvalue weighted by Gasteiger charge is -2.28. The van der Waals surface area contributed by atoms with Gasteiger partial charge in [-0.2, -0.15) is 0 Å². The molecule has 1 N–H and O–H groups in total. The van der Waals surface area contributed by atoms with Crippen LogP contribution in [-0.2, 0) is 6.42 Å². The monoisotopic (exact) mass is 236 g/mol. The second kappa shape index (κ2) is 6.42. The van der Waals surface area contributed by atoms with Gasteiger partial charge in [0.25, 0.3) is 0 Å². The number of anilines is 2. The van der Waals surface area contributed by atoms with E-state index in [1.54, 1.807) is 6.33 Å². The zero-order valence-corrected chi connectivity index (χ0v) is 11.6. The highest BCUT2D eigenvalue weighted by Crippen LogP contribution is 2.24. The minimum absolute atomic E-state index is 0.505. The van der Waals surface area contributed by atoms with Crippen LogP contribution in [0, 0.1) is 0 Å². The maximum Gasteiger partial charge on any atom is 0.137 e. The van der Waals surface area contributed by atoms with E-state index in [4.69, 9.17) is 0 Å². The number of nitrogens with zero attached hydrogens (tertiary/aromatic N) is 3. The summed E-state index contributed by atoms with van der Waals surface area (Å²) in [6.45, 7) is 6.59. The zero-order chi connectivity index (χ0) is 12.8. The minimum Gasteiger partial charge on any atom is -0.373 e. The van der Waals surface area contributed by atoms with Crippen LogP contribution in [-0.4, -0.2) is 30.1 Å². The van der Waals surface area contributed by atoms with E-state index in [1.165, 1.54) is 18.4 Å². The number of rotatable bonds is 6. The Balaban J connectivity index is 3.03. The molecule has 0 aliphatic rings. The van der Waals surface area contributed by atoms with E-state index in [0.717, 1.165) is 18.1 Å². The molecule has 1 unspecified atom stereocenters. The second-order valence-electron chi connectivity index (χ2n) is 4.38. The molecule has 17 heavy (non-hydrogen) atoms. The molecule has 0 radical (unpaired) electrons. The van der Waals surface area contributed by atoms with Crippen LogP contribution in [0.1, 0.15) is 39.2 Å². The van der Waals surface area contributed by atoms with Crippen LogP contribution in [0.3, 0.4) is 0 Å². The molecule has 1 heterocycles. The number of hydrogen-bond acceptors (Lipinski definition) is 4. The molecule has 0 saturated heterocycles. The van der Waals surface area contributed by atoms with Crippen molar-refractivity contribution in [2.24, 2.45) is 0 Å². The summed E-state index contributed by atoms with van der Waals surface area (Å²) in [5.41, 5.74) is 1.19. The van der Waals surface area contributed by atoms with E-state index in [1.807, 2.05) is 7.05 Å². The van der Waals surface area contributed by atoms with Crippen LogP contribution in [0.5, 0.6) is 0 Å². The van der Waals surface area contributed by atoms with Crippen molar-refractivity contribution in [3.8, 4) is 0 Å². The van der Waals surface area contributed by atoms with Crippen LogP contribution in [0.15, 0.2) is 6.33 Å². The fourth-order valence-corrected chi connectivity index (χ4v) is 2.07. The predicted octanol–water partition coefficient (Wildman–Crippen LogP) is 2.71. The van der Waals surface area contributed by atoms with E-state index < -0.39 is 0 Å². The third kappa shape index (κ3) is 3.08. The van der Waals surface area contributed by atoms with Crippen LogP contribution >= 0.6 is 0 Å². The molecule has 0 bridgehead atoms. The van der Waals surface area contributed by atoms with Crippen LogP contribution in [0.25, 0.3) is 0 Å². The summed E-state index contributed by atoms with van der Waals surface area (Å²) in [6.07, 6.45) is 4.94. The van der Waals surface area contributed by atoms with Crippen molar-refractivity contribution in [1.82, 2.24) is 9.97 Å². The predicted molar refractivity (Wildman–Crippen MR) is 73.7 cm³/mol.